The molecule has 1 heteroatoms. The van der Waals surface area contributed by atoms with Gasteiger partial charge in [-0.05, 0) is 0 Å². The van der Waals surface area contributed by atoms with E-state index in [1.165, 1.54) is 21.9 Å². The molecule has 0 heterocycles. The van der Waals surface area contributed by atoms with Crippen molar-refractivity contribution in [1.29, 1.82) is 0 Å². The molecule has 0 saturated carbocycles. The third kappa shape index (κ3) is 4.38. The van der Waals surface area contributed by atoms with Crippen molar-refractivity contribution in [3.8, 4) is 0 Å². The summed E-state index contributed by atoms with van der Waals surface area (Å²) in [6.45, 7) is 2.13. The molecule has 0 atom stereocenters. The molecular weight excluding hydrogens is 455 g/mol. The number of allylic oxidation sites excluding steroid dienone is 1. The van der Waals surface area contributed by atoms with Gasteiger partial charge in [0.1, 0.15) is 0 Å². The molecule has 0 nitrogen and oxygen atoms in total. The van der Waals surface area contributed by atoms with E-state index in [1.807, 2.05) is 0 Å². The Morgan fingerprint density at radius 2 is 0.966 bits per heavy atom. The molecule has 0 aliphatic heterocycles. The molecule has 0 radical (unpaired) electrons. The molecule has 0 aliphatic rings. The van der Waals surface area contributed by atoms with Gasteiger partial charge < -0.3 is 0 Å². The van der Waals surface area contributed by atoms with Crippen LogP contribution in [0, 0.1) is 6.92 Å². The Labute approximate surface area is 178 Å². The van der Waals surface area contributed by atoms with Gasteiger partial charge in [-0.25, -0.2) is 0 Å². The van der Waals surface area contributed by atoms with E-state index in [4.69, 9.17) is 0 Å². The Hall–Kier alpha value is -2.58. The molecule has 0 aromatic heterocycles. The van der Waals surface area contributed by atoms with Crippen LogP contribution in [0.2, 0.25) is 4.44 Å². The summed E-state index contributed by atoms with van der Waals surface area (Å²) in [5.74, 6) is 0. The molecule has 0 spiro atoms. The van der Waals surface area contributed by atoms with E-state index in [0.29, 0.717) is 0 Å². The SMILES string of the molecule is Cc1ccc(/C=C/[CH2][Sn]([c]2ccccc2)([c]2ccccc2)[c]2ccccc2)cc1. The van der Waals surface area contributed by atoms with E-state index in [-0.39, 0.29) is 0 Å². The zero-order valence-corrected chi connectivity index (χ0v) is 19.7. The third-order valence-electron chi connectivity index (χ3n) is 5.61. The predicted molar refractivity (Wildman–Crippen MR) is 129 cm³/mol. The standard InChI is InChI=1S/C10H11.3C6H5.Sn/c1-3-4-10-7-5-9(2)6-8-10;3*1-2-4-6-5-3-1;/h3-8H,1H2,2H3;3*1-5H;/b4-3+;;;;. The number of aryl methyl sites for hydroxylation is 1. The summed E-state index contributed by atoms with van der Waals surface area (Å²) >= 11 is -3.17. The molecule has 0 saturated heterocycles. The van der Waals surface area contributed by atoms with E-state index in [9.17, 15) is 0 Å². The fourth-order valence-electron chi connectivity index (χ4n) is 4.07. The first-order chi connectivity index (χ1) is 14.3. The normalized spacial score (nSPS) is 11.6. The summed E-state index contributed by atoms with van der Waals surface area (Å²) in [6, 6.07) is 42.3. The third-order valence-corrected chi connectivity index (χ3v) is 19.3. The van der Waals surface area contributed by atoms with Gasteiger partial charge in [0, 0.05) is 0 Å². The molecule has 0 fully saturated rings. The van der Waals surface area contributed by atoms with E-state index < -0.39 is 18.4 Å². The van der Waals surface area contributed by atoms with Crippen molar-refractivity contribution in [1.82, 2.24) is 0 Å². The Bertz CT molecular complexity index is 953. The number of benzene rings is 4. The summed E-state index contributed by atoms with van der Waals surface area (Å²) in [5, 5.41) is 0. The molecule has 0 amide bonds. The van der Waals surface area contributed by atoms with E-state index in [2.05, 4.69) is 134 Å². The van der Waals surface area contributed by atoms with Crippen LogP contribution in [0.15, 0.2) is 121 Å². The monoisotopic (exact) mass is 482 g/mol. The fraction of sp³-hybridized carbons (Fsp3) is 0.0714. The maximum atomic E-state index is 2.41. The summed E-state index contributed by atoms with van der Waals surface area (Å²) in [7, 11) is 0. The van der Waals surface area contributed by atoms with Gasteiger partial charge in [0.05, 0.1) is 0 Å². The fourth-order valence-corrected chi connectivity index (χ4v) is 16.8. The Morgan fingerprint density at radius 3 is 1.38 bits per heavy atom. The van der Waals surface area contributed by atoms with Gasteiger partial charge in [-0.15, -0.1) is 0 Å². The van der Waals surface area contributed by atoms with Crippen LogP contribution in [-0.2, 0) is 0 Å². The summed E-state index contributed by atoms with van der Waals surface area (Å²) in [4.78, 5) is 0. The zero-order valence-electron chi connectivity index (χ0n) is 16.8. The molecule has 0 unspecified atom stereocenters. The van der Waals surface area contributed by atoms with Crippen molar-refractivity contribution >= 4 is 35.2 Å². The van der Waals surface area contributed by atoms with Crippen LogP contribution in [0.5, 0.6) is 0 Å². The minimum absolute atomic E-state index is 1.10. The van der Waals surface area contributed by atoms with Crippen molar-refractivity contribution < 1.29 is 0 Å². The molecule has 0 N–H and O–H groups in total. The first-order valence-electron chi connectivity index (χ1n) is 10.2. The molecule has 142 valence electrons. The minimum atomic E-state index is -3.17. The van der Waals surface area contributed by atoms with Gasteiger partial charge in [-0.3, -0.25) is 0 Å². The van der Waals surface area contributed by atoms with Crippen LogP contribution < -0.4 is 10.7 Å². The number of rotatable bonds is 6. The molecule has 0 aliphatic carbocycles. The van der Waals surface area contributed by atoms with Crippen LogP contribution in [0.4, 0.5) is 0 Å². The van der Waals surface area contributed by atoms with E-state index >= 15 is 0 Å². The first kappa shape index (κ1) is 19.7. The second-order valence-corrected chi connectivity index (χ2v) is 18.8. The van der Waals surface area contributed by atoms with Gasteiger partial charge in [0.15, 0.2) is 0 Å². The molecule has 4 rings (SSSR count). The van der Waals surface area contributed by atoms with Crippen molar-refractivity contribution in [3.63, 3.8) is 0 Å². The van der Waals surface area contributed by atoms with E-state index in [0.717, 1.165) is 4.44 Å². The molecular formula is C28H26Sn. The van der Waals surface area contributed by atoms with E-state index in [1.54, 1.807) is 0 Å². The van der Waals surface area contributed by atoms with Gasteiger partial charge in [0.2, 0.25) is 0 Å². The van der Waals surface area contributed by atoms with Crippen LogP contribution in [0.3, 0.4) is 0 Å². The second-order valence-electron chi connectivity index (χ2n) is 7.52. The molecule has 4 aromatic rings. The first-order valence-corrected chi connectivity index (χ1v) is 16.5. The summed E-state index contributed by atoms with van der Waals surface area (Å²) in [5.41, 5.74) is 2.57. The Kier molecular flexibility index (Phi) is 6.31. The van der Waals surface area contributed by atoms with Gasteiger partial charge >= 0.3 is 179 Å². The van der Waals surface area contributed by atoms with Crippen LogP contribution >= 0.6 is 0 Å². The van der Waals surface area contributed by atoms with Gasteiger partial charge in [0.25, 0.3) is 0 Å². The Balaban J connectivity index is 1.84. The summed E-state index contributed by atoms with van der Waals surface area (Å²) < 4.78 is 5.66. The average molecular weight is 481 g/mol. The molecule has 4 aromatic carbocycles. The zero-order chi connectivity index (χ0) is 19.9. The van der Waals surface area contributed by atoms with Crippen molar-refractivity contribution in [2.24, 2.45) is 0 Å². The summed E-state index contributed by atoms with van der Waals surface area (Å²) in [6.07, 6.45) is 4.70. The Morgan fingerprint density at radius 1 is 0.552 bits per heavy atom. The second kappa shape index (κ2) is 9.28. The molecule has 29 heavy (non-hydrogen) atoms. The van der Waals surface area contributed by atoms with Crippen LogP contribution in [0.1, 0.15) is 11.1 Å². The quantitative estimate of drug-likeness (QED) is 0.333. The predicted octanol–water partition coefficient (Wildman–Crippen LogP) is 5.18. The van der Waals surface area contributed by atoms with Crippen molar-refractivity contribution in [3.05, 3.63) is 132 Å². The number of hydrogen-bond donors (Lipinski definition) is 0. The number of hydrogen-bond acceptors (Lipinski definition) is 0. The average Bonchev–Trinajstić information content (AvgIpc) is 2.80. The van der Waals surface area contributed by atoms with Crippen LogP contribution in [-0.4, -0.2) is 18.4 Å². The van der Waals surface area contributed by atoms with Crippen molar-refractivity contribution in [2.45, 2.75) is 11.4 Å². The maximum absolute atomic E-state index is 3.17. The van der Waals surface area contributed by atoms with Crippen molar-refractivity contribution in [2.75, 3.05) is 0 Å². The van der Waals surface area contributed by atoms with Crippen LogP contribution in [0.25, 0.3) is 6.08 Å². The van der Waals surface area contributed by atoms with Gasteiger partial charge in [-0.1, -0.05) is 0 Å². The van der Waals surface area contributed by atoms with Gasteiger partial charge in [-0.2, -0.15) is 0 Å². The molecule has 0 bridgehead atoms. The topological polar surface area (TPSA) is 0 Å².